The van der Waals surface area contributed by atoms with Gasteiger partial charge in [-0.05, 0) is 23.3 Å². The van der Waals surface area contributed by atoms with Gasteiger partial charge in [0.05, 0.1) is 18.8 Å². The Morgan fingerprint density at radius 2 is 1.72 bits per heavy atom. The van der Waals surface area contributed by atoms with E-state index in [2.05, 4.69) is 24.0 Å². The van der Waals surface area contributed by atoms with Gasteiger partial charge in [-0.2, -0.15) is 0 Å². The second-order valence-electron chi connectivity index (χ2n) is 6.91. The van der Waals surface area contributed by atoms with Crippen molar-refractivity contribution in [1.29, 1.82) is 0 Å². The molecule has 2 aromatic rings. The molecule has 1 N–H and O–H groups in total. The van der Waals surface area contributed by atoms with Gasteiger partial charge in [-0.3, -0.25) is 4.90 Å². The standard InChI is InChI=1S/C21H26ClNO2/c1-17(16-23-11-13-25-14-12-23)21(24,15-18-5-3-2-4-6-18)19-7-9-20(22)10-8-19/h2-10,17,24H,11-16H2,1H3/t17-,21-/m1/s1. The first-order valence-electron chi connectivity index (χ1n) is 8.90. The lowest BCUT2D eigenvalue weighted by Crippen LogP contribution is -2.46. The van der Waals surface area contributed by atoms with Crippen LogP contribution in [-0.4, -0.2) is 42.9 Å². The number of morpholine rings is 1. The van der Waals surface area contributed by atoms with Gasteiger partial charge in [-0.1, -0.05) is 61.0 Å². The minimum absolute atomic E-state index is 0.0759. The summed E-state index contributed by atoms with van der Waals surface area (Å²) >= 11 is 6.05. The van der Waals surface area contributed by atoms with E-state index in [0.29, 0.717) is 11.4 Å². The van der Waals surface area contributed by atoms with Crippen LogP contribution in [0.1, 0.15) is 18.1 Å². The van der Waals surface area contributed by atoms with Crippen molar-refractivity contribution >= 4 is 11.6 Å². The van der Waals surface area contributed by atoms with Crippen LogP contribution in [0.2, 0.25) is 5.02 Å². The van der Waals surface area contributed by atoms with Gasteiger partial charge in [-0.15, -0.1) is 0 Å². The largest absolute Gasteiger partial charge is 0.384 e. The summed E-state index contributed by atoms with van der Waals surface area (Å²) < 4.78 is 5.44. The molecule has 4 heteroatoms. The van der Waals surface area contributed by atoms with Gasteiger partial charge >= 0.3 is 0 Å². The van der Waals surface area contributed by atoms with Crippen molar-refractivity contribution < 1.29 is 9.84 Å². The Bertz CT molecular complexity index is 655. The highest BCUT2D eigenvalue weighted by atomic mass is 35.5. The van der Waals surface area contributed by atoms with E-state index in [9.17, 15) is 5.11 Å². The van der Waals surface area contributed by atoms with Crippen molar-refractivity contribution in [2.75, 3.05) is 32.8 Å². The third-order valence-corrected chi connectivity index (χ3v) is 5.36. The monoisotopic (exact) mass is 359 g/mol. The number of aliphatic hydroxyl groups is 1. The SMILES string of the molecule is C[C@H](CN1CCOCC1)[C@](O)(Cc1ccccc1)c1ccc(Cl)cc1. The smallest absolute Gasteiger partial charge is 0.0974 e. The lowest BCUT2D eigenvalue weighted by atomic mass is 9.77. The Kier molecular flexibility index (Phi) is 6.13. The van der Waals surface area contributed by atoms with E-state index < -0.39 is 5.60 Å². The third kappa shape index (κ3) is 4.62. The first kappa shape index (κ1) is 18.4. The molecule has 1 aliphatic heterocycles. The van der Waals surface area contributed by atoms with Crippen LogP contribution in [0.5, 0.6) is 0 Å². The average molecular weight is 360 g/mol. The van der Waals surface area contributed by atoms with Crippen molar-refractivity contribution in [2.24, 2.45) is 5.92 Å². The molecule has 134 valence electrons. The molecule has 0 aliphatic carbocycles. The van der Waals surface area contributed by atoms with Crippen LogP contribution in [0, 0.1) is 5.92 Å². The van der Waals surface area contributed by atoms with E-state index in [1.807, 2.05) is 42.5 Å². The first-order valence-corrected chi connectivity index (χ1v) is 9.28. The number of hydrogen-bond acceptors (Lipinski definition) is 3. The number of nitrogens with zero attached hydrogens (tertiary/aromatic N) is 1. The van der Waals surface area contributed by atoms with Crippen LogP contribution in [-0.2, 0) is 16.8 Å². The maximum absolute atomic E-state index is 11.7. The third-order valence-electron chi connectivity index (χ3n) is 5.11. The van der Waals surface area contributed by atoms with E-state index in [1.165, 1.54) is 0 Å². The summed E-state index contributed by atoms with van der Waals surface area (Å²) in [4.78, 5) is 2.38. The summed E-state index contributed by atoms with van der Waals surface area (Å²) in [5.74, 6) is 0.0759. The molecule has 3 rings (SSSR count). The minimum Gasteiger partial charge on any atom is -0.384 e. The molecule has 0 aromatic heterocycles. The lowest BCUT2D eigenvalue weighted by molar-refractivity contribution is -0.0437. The average Bonchev–Trinajstić information content (AvgIpc) is 2.64. The topological polar surface area (TPSA) is 32.7 Å². The fourth-order valence-electron chi connectivity index (χ4n) is 3.53. The van der Waals surface area contributed by atoms with Crippen molar-refractivity contribution in [1.82, 2.24) is 4.90 Å². The van der Waals surface area contributed by atoms with E-state index in [0.717, 1.165) is 44.0 Å². The van der Waals surface area contributed by atoms with Crippen LogP contribution in [0.3, 0.4) is 0 Å². The molecule has 0 radical (unpaired) electrons. The van der Waals surface area contributed by atoms with E-state index >= 15 is 0 Å². The first-order chi connectivity index (χ1) is 12.1. The number of rotatable bonds is 6. The quantitative estimate of drug-likeness (QED) is 0.852. The number of benzene rings is 2. The maximum atomic E-state index is 11.7. The zero-order valence-corrected chi connectivity index (χ0v) is 15.5. The summed E-state index contributed by atoms with van der Waals surface area (Å²) in [7, 11) is 0. The number of ether oxygens (including phenoxy) is 1. The molecular weight excluding hydrogens is 334 g/mol. The molecule has 1 fully saturated rings. The Morgan fingerprint density at radius 3 is 2.36 bits per heavy atom. The predicted molar refractivity (Wildman–Crippen MR) is 102 cm³/mol. The fourth-order valence-corrected chi connectivity index (χ4v) is 3.65. The highest BCUT2D eigenvalue weighted by Gasteiger charge is 2.37. The summed E-state index contributed by atoms with van der Waals surface area (Å²) in [5.41, 5.74) is 1.11. The lowest BCUT2D eigenvalue weighted by Gasteiger charge is -2.39. The van der Waals surface area contributed by atoms with Crippen molar-refractivity contribution in [3.63, 3.8) is 0 Å². The van der Waals surface area contributed by atoms with Crippen LogP contribution >= 0.6 is 11.6 Å². The van der Waals surface area contributed by atoms with E-state index in [4.69, 9.17) is 16.3 Å². The molecule has 0 saturated carbocycles. The Hall–Kier alpha value is -1.39. The second kappa shape index (κ2) is 8.33. The van der Waals surface area contributed by atoms with Gasteiger partial charge in [0.1, 0.15) is 0 Å². The molecule has 1 aliphatic rings. The molecule has 1 heterocycles. The van der Waals surface area contributed by atoms with Crippen LogP contribution in [0.25, 0.3) is 0 Å². The van der Waals surface area contributed by atoms with Crippen LogP contribution < -0.4 is 0 Å². The zero-order valence-electron chi connectivity index (χ0n) is 14.7. The molecule has 25 heavy (non-hydrogen) atoms. The Labute approximate surface area is 155 Å². The summed E-state index contributed by atoms with van der Waals surface area (Å²) in [5, 5.41) is 12.4. The molecule has 0 spiro atoms. The summed E-state index contributed by atoms with van der Waals surface area (Å²) in [6.45, 7) is 6.36. The molecule has 0 unspecified atom stereocenters. The van der Waals surface area contributed by atoms with Gasteiger partial charge in [0.15, 0.2) is 0 Å². The van der Waals surface area contributed by atoms with Gasteiger partial charge in [0, 0.05) is 37.0 Å². The molecule has 0 amide bonds. The second-order valence-corrected chi connectivity index (χ2v) is 7.34. The number of hydrogen-bond donors (Lipinski definition) is 1. The van der Waals surface area contributed by atoms with Gasteiger partial charge < -0.3 is 9.84 Å². The van der Waals surface area contributed by atoms with Crippen LogP contribution in [0.15, 0.2) is 54.6 Å². The van der Waals surface area contributed by atoms with Gasteiger partial charge in [-0.25, -0.2) is 0 Å². The van der Waals surface area contributed by atoms with E-state index in [1.54, 1.807) is 0 Å². The van der Waals surface area contributed by atoms with Gasteiger partial charge in [0.2, 0.25) is 0 Å². The van der Waals surface area contributed by atoms with Crippen molar-refractivity contribution in [2.45, 2.75) is 18.9 Å². The molecule has 2 aromatic carbocycles. The molecule has 0 bridgehead atoms. The Balaban J connectivity index is 1.85. The highest BCUT2D eigenvalue weighted by molar-refractivity contribution is 6.30. The summed E-state index contributed by atoms with van der Waals surface area (Å²) in [6.07, 6.45) is 0.584. The normalized spacial score (nSPS) is 19.3. The molecule has 1 saturated heterocycles. The molecular formula is C21H26ClNO2. The fraction of sp³-hybridized carbons (Fsp3) is 0.429. The van der Waals surface area contributed by atoms with Crippen LogP contribution in [0.4, 0.5) is 0 Å². The minimum atomic E-state index is -0.940. The summed E-state index contributed by atoms with van der Waals surface area (Å²) in [6, 6.07) is 17.8. The maximum Gasteiger partial charge on any atom is 0.0974 e. The Morgan fingerprint density at radius 1 is 1.08 bits per heavy atom. The van der Waals surface area contributed by atoms with Gasteiger partial charge in [0.25, 0.3) is 0 Å². The van der Waals surface area contributed by atoms with E-state index in [-0.39, 0.29) is 5.92 Å². The zero-order chi connectivity index (χ0) is 17.7. The highest BCUT2D eigenvalue weighted by Crippen LogP contribution is 2.35. The van der Waals surface area contributed by atoms with Crippen molar-refractivity contribution in [3.8, 4) is 0 Å². The molecule has 3 nitrogen and oxygen atoms in total. The van der Waals surface area contributed by atoms with Crippen molar-refractivity contribution in [3.05, 3.63) is 70.7 Å². The predicted octanol–water partition coefficient (Wildman–Crippen LogP) is 3.74. The number of halogens is 1. The molecule has 2 atom stereocenters.